The molecule has 4 heteroatoms. The monoisotopic (exact) mass is 294 g/mol. The van der Waals surface area contributed by atoms with Gasteiger partial charge in [0.25, 0.3) is 0 Å². The maximum Gasteiger partial charge on any atom is 0.123 e. The summed E-state index contributed by atoms with van der Waals surface area (Å²) in [6.45, 7) is 8.96. The quantitative estimate of drug-likeness (QED) is 0.760. The molecule has 0 heterocycles. The highest BCUT2D eigenvalue weighted by Crippen LogP contribution is 2.25. The van der Waals surface area contributed by atoms with Crippen molar-refractivity contribution in [1.29, 1.82) is 0 Å². The second-order valence-corrected chi connectivity index (χ2v) is 5.58. The van der Waals surface area contributed by atoms with E-state index < -0.39 is 0 Å². The zero-order chi connectivity index (χ0) is 15.8. The van der Waals surface area contributed by atoms with E-state index in [2.05, 4.69) is 24.8 Å². The van der Waals surface area contributed by atoms with Gasteiger partial charge in [0.2, 0.25) is 0 Å². The third-order valence-electron chi connectivity index (χ3n) is 4.00. The molecule has 2 atom stereocenters. The number of hydrogen-bond donors (Lipinski definition) is 1. The molecule has 0 radical (unpaired) electrons. The van der Waals surface area contributed by atoms with Crippen molar-refractivity contribution in [2.24, 2.45) is 5.73 Å². The molecule has 0 saturated carbocycles. The van der Waals surface area contributed by atoms with Crippen molar-refractivity contribution in [3.63, 3.8) is 0 Å². The predicted octanol–water partition coefficient (Wildman–Crippen LogP) is 2.96. The van der Waals surface area contributed by atoms with Crippen molar-refractivity contribution in [3.8, 4) is 5.75 Å². The smallest absolute Gasteiger partial charge is 0.123 e. The van der Waals surface area contributed by atoms with Crippen LogP contribution in [0.2, 0.25) is 0 Å². The van der Waals surface area contributed by atoms with Crippen molar-refractivity contribution in [1.82, 2.24) is 4.90 Å². The van der Waals surface area contributed by atoms with Crippen LogP contribution in [0, 0.1) is 0 Å². The fraction of sp³-hybridized carbons (Fsp3) is 0.647. The summed E-state index contributed by atoms with van der Waals surface area (Å²) in [4.78, 5) is 2.42. The third kappa shape index (κ3) is 5.30. The molecule has 4 nitrogen and oxygen atoms in total. The third-order valence-corrected chi connectivity index (χ3v) is 4.00. The van der Waals surface area contributed by atoms with E-state index >= 15 is 0 Å². The van der Waals surface area contributed by atoms with Crippen LogP contribution in [0.3, 0.4) is 0 Å². The molecule has 120 valence electrons. The Morgan fingerprint density at radius 1 is 1.24 bits per heavy atom. The Balaban J connectivity index is 2.96. The standard InChI is InChI=1S/C17H30N2O2/c1-6-13(2)19(9-10-20-4)12-16-11-15(14(3)18)7-8-17(16)21-5/h7-8,11,13-14H,6,9-10,12,18H2,1-5H3. The molecular weight excluding hydrogens is 264 g/mol. The van der Waals surface area contributed by atoms with Gasteiger partial charge in [0.05, 0.1) is 13.7 Å². The van der Waals surface area contributed by atoms with Crippen molar-refractivity contribution in [2.75, 3.05) is 27.4 Å². The molecule has 2 unspecified atom stereocenters. The minimum absolute atomic E-state index is 0.0330. The van der Waals surface area contributed by atoms with E-state index in [1.807, 2.05) is 19.1 Å². The van der Waals surface area contributed by atoms with Gasteiger partial charge in [-0.3, -0.25) is 4.90 Å². The lowest BCUT2D eigenvalue weighted by atomic mass is 10.0. The van der Waals surface area contributed by atoms with E-state index in [9.17, 15) is 0 Å². The highest BCUT2D eigenvalue weighted by molar-refractivity contribution is 5.38. The molecule has 0 aliphatic carbocycles. The Hall–Kier alpha value is -1.10. The van der Waals surface area contributed by atoms with Crippen molar-refractivity contribution in [3.05, 3.63) is 29.3 Å². The summed E-state index contributed by atoms with van der Waals surface area (Å²) in [5.74, 6) is 0.921. The van der Waals surface area contributed by atoms with Crippen molar-refractivity contribution < 1.29 is 9.47 Å². The van der Waals surface area contributed by atoms with Gasteiger partial charge in [-0.2, -0.15) is 0 Å². The van der Waals surface area contributed by atoms with Crippen molar-refractivity contribution >= 4 is 0 Å². The highest BCUT2D eigenvalue weighted by Gasteiger charge is 2.16. The number of nitrogens with zero attached hydrogens (tertiary/aromatic N) is 1. The first-order chi connectivity index (χ1) is 10.0. The van der Waals surface area contributed by atoms with Gasteiger partial charge in [0.15, 0.2) is 0 Å². The van der Waals surface area contributed by atoms with E-state index in [-0.39, 0.29) is 6.04 Å². The maximum atomic E-state index is 6.00. The van der Waals surface area contributed by atoms with E-state index in [0.717, 1.165) is 37.4 Å². The first kappa shape index (κ1) is 18.0. The van der Waals surface area contributed by atoms with Gasteiger partial charge in [-0.1, -0.05) is 13.0 Å². The summed E-state index contributed by atoms with van der Waals surface area (Å²) in [6, 6.07) is 6.75. The summed E-state index contributed by atoms with van der Waals surface area (Å²) < 4.78 is 10.7. The minimum atomic E-state index is 0.0330. The number of rotatable bonds is 9. The topological polar surface area (TPSA) is 47.7 Å². The molecular formula is C17H30N2O2. The molecule has 0 saturated heterocycles. The average molecular weight is 294 g/mol. The Kier molecular flexibility index (Phi) is 7.72. The number of benzene rings is 1. The minimum Gasteiger partial charge on any atom is -0.496 e. The SMILES string of the molecule is CCC(C)N(CCOC)Cc1cc(C(C)N)ccc1OC. The predicted molar refractivity (Wildman–Crippen MR) is 87.6 cm³/mol. The second kappa shape index (κ2) is 9.03. The van der Waals surface area contributed by atoms with Crippen LogP contribution >= 0.6 is 0 Å². The Morgan fingerprint density at radius 3 is 2.48 bits per heavy atom. The van der Waals surface area contributed by atoms with Gasteiger partial charge in [0.1, 0.15) is 5.75 Å². The molecule has 0 aromatic heterocycles. The summed E-state index contributed by atoms with van der Waals surface area (Å²) >= 11 is 0. The lowest BCUT2D eigenvalue weighted by molar-refractivity contribution is 0.117. The molecule has 1 aromatic rings. The van der Waals surface area contributed by atoms with Gasteiger partial charge in [0, 0.05) is 37.8 Å². The summed E-state index contributed by atoms with van der Waals surface area (Å²) in [5, 5.41) is 0. The van der Waals surface area contributed by atoms with E-state index in [4.69, 9.17) is 15.2 Å². The lowest BCUT2D eigenvalue weighted by Crippen LogP contribution is -2.35. The van der Waals surface area contributed by atoms with Gasteiger partial charge in [-0.25, -0.2) is 0 Å². The highest BCUT2D eigenvalue weighted by atomic mass is 16.5. The molecule has 0 aliphatic rings. The van der Waals surface area contributed by atoms with Gasteiger partial charge >= 0.3 is 0 Å². The van der Waals surface area contributed by atoms with Crippen LogP contribution in [0.15, 0.2) is 18.2 Å². The van der Waals surface area contributed by atoms with Crippen LogP contribution in [0.5, 0.6) is 5.75 Å². The molecule has 0 bridgehead atoms. The summed E-state index contributed by atoms with van der Waals surface area (Å²) in [5.41, 5.74) is 8.32. The summed E-state index contributed by atoms with van der Waals surface area (Å²) in [7, 11) is 3.46. The summed E-state index contributed by atoms with van der Waals surface area (Å²) in [6.07, 6.45) is 1.11. The fourth-order valence-electron chi connectivity index (χ4n) is 2.35. The maximum absolute atomic E-state index is 6.00. The molecule has 2 N–H and O–H groups in total. The Morgan fingerprint density at radius 2 is 1.95 bits per heavy atom. The van der Waals surface area contributed by atoms with Crippen LogP contribution in [0.1, 0.15) is 44.4 Å². The molecule has 1 rings (SSSR count). The molecule has 21 heavy (non-hydrogen) atoms. The molecule has 1 aromatic carbocycles. The zero-order valence-corrected chi connectivity index (χ0v) is 14.1. The average Bonchev–Trinajstić information content (AvgIpc) is 2.50. The van der Waals surface area contributed by atoms with E-state index in [0.29, 0.717) is 6.04 Å². The number of hydrogen-bond acceptors (Lipinski definition) is 4. The molecule has 0 amide bonds. The van der Waals surface area contributed by atoms with Gasteiger partial charge < -0.3 is 15.2 Å². The molecule has 0 fully saturated rings. The number of methoxy groups -OCH3 is 2. The van der Waals surface area contributed by atoms with E-state index in [1.165, 1.54) is 5.56 Å². The van der Waals surface area contributed by atoms with Gasteiger partial charge in [-0.15, -0.1) is 0 Å². The molecule has 0 aliphatic heterocycles. The normalized spacial score (nSPS) is 14.2. The number of ether oxygens (including phenoxy) is 2. The largest absolute Gasteiger partial charge is 0.496 e. The second-order valence-electron chi connectivity index (χ2n) is 5.58. The van der Waals surface area contributed by atoms with Crippen LogP contribution in [0.25, 0.3) is 0 Å². The fourth-order valence-corrected chi connectivity index (χ4v) is 2.35. The zero-order valence-electron chi connectivity index (χ0n) is 14.1. The van der Waals surface area contributed by atoms with Crippen LogP contribution in [0.4, 0.5) is 0 Å². The Bertz CT molecular complexity index is 421. The van der Waals surface area contributed by atoms with Crippen LogP contribution in [-0.2, 0) is 11.3 Å². The first-order valence-electron chi connectivity index (χ1n) is 7.68. The van der Waals surface area contributed by atoms with Gasteiger partial charge in [-0.05, 0) is 38.0 Å². The van der Waals surface area contributed by atoms with Crippen molar-refractivity contribution in [2.45, 2.75) is 45.8 Å². The first-order valence-corrected chi connectivity index (χ1v) is 7.68. The lowest BCUT2D eigenvalue weighted by Gasteiger charge is -2.29. The number of nitrogens with two attached hydrogens (primary N) is 1. The van der Waals surface area contributed by atoms with Crippen LogP contribution in [-0.4, -0.2) is 38.3 Å². The van der Waals surface area contributed by atoms with E-state index in [1.54, 1.807) is 14.2 Å². The Labute approximate surface area is 129 Å². The molecule has 0 spiro atoms. The van der Waals surface area contributed by atoms with Crippen LogP contribution < -0.4 is 10.5 Å².